The summed E-state index contributed by atoms with van der Waals surface area (Å²) in [6, 6.07) is 5.31. The summed E-state index contributed by atoms with van der Waals surface area (Å²) in [4.78, 5) is 10.6. The summed E-state index contributed by atoms with van der Waals surface area (Å²) in [5.41, 5.74) is 0.950. The lowest BCUT2D eigenvalue weighted by atomic mass is 9.96. The Balaban J connectivity index is 3.03. The number of benzene rings is 1. The molecular weight excluding hydrogens is 284 g/mol. The van der Waals surface area contributed by atoms with Gasteiger partial charge in [-0.1, -0.05) is 29.8 Å². The Morgan fingerprint density at radius 1 is 1.47 bits per heavy atom. The maximum Gasteiger partial charge on any atom is 0.272 e. The van der Waals surface area contributed by atoms with Crippen molar-refractivity contribution in [1.29, 1.82) is 0 Å². The van der Waals surface area contributed by atoms with Crippen LogP contribution in [0.4, 0.5) is 5.69 Å². The lowest BCUT2D eigenvalue weighted by molar-refractivity contribution is -0.385. The third-order valence-electron chi connectivity index (χ3n) is 2.85. The van der Waals surface area contributed by atoms with Crippen LogP contribution in [-0.4, -0.2) is 18.0 Å². The monoisotopic (exact) mass is 300 g/mol. The van der Waals surface area contributed by atoms with Gasteiger partial charge in [0.2, 0.25) is 0 Å². The highest BCUT2D eigenvalue weighted by Crippen LogP contribution is 2.25. The fraction of sp³-hybridized carbons (Fsp3) is 0.500. The van der Waals surface area contributed by atoms with Gasteiger partial charge < -0.3 is 5.32 Å². The van der Waals surface area contributed by atoms with E-state index in [1.165, 1.54) is 0 Å². The third-order valence-corrected chi connectivity index (χ3v) is 3.35. The minimum atomic E-state index is -0.325. The maximum absolute atomic E-state index is 10.9. The molecule has 1 aromatic rings. The summed E-state index contributed by atoms with van der Waals surface area (Å²) < 4.78 is 0.872. The summed E-state index contributed by atoms with van der Waals surface area (Å²) in [6.07, 6.45) is 0.657. The van der Waals surface area contributed by atoms with Gasteiger partial charge in [0, 0.05) is 22.1 Å². The number of nitrogens with one attached hydrogen (secondary N) is 1. The van der Waals surface area contributed by atoms with Gasteiger partial charge in [-0.05, 0) is 31.5 Å². The molecule has 0 amide bonds. The van der Waals surface area contributed by atoms with Gasteiger partial charge in [-0.25, -0.2) is 0 Å². The zero-order chi connectivity index (χ0) is 13.0. The minimum absolute atomic E-state index is 0.189. The van der Waals surface area contributed by atoms with E-state index in [0.29, 0.717) is 12.3 Å². The number of rotatable bonds is 5. The Morgan fingerprint density at radius 2 is 2.12 bits per heavy atom. The van der Waals surface area contributed by atoms with Gasteiger partial charge >= 0.3 is 0 Å². The van der Waals surface area contributed by atoms with Crippen molar-refractivity contribution in [2.75, 3.05) is 7.05 Å². The Morgan fingerprint density at radius 3 is 2.59 bits per heavy atom. The van der Waals surface area contributed by atoms with Gasteiger partial charge in [0.25, 0.3) is 5.69 Å². The second-order valence-corrected chi connectivity index (χ2v) is 5.29. The summed E-state index contributed by atoms with van der Waals surface area (Å²) in [5.74, 6) is 0.429. The average molecular weight is 301 g/mol. The van der Waals surface area contributed by atoms with Crippen molar-refractivity contribution in [2.24, 2.45) is 5.92 Å². The third kappa shape index (κ3) is 3.78. The van der Waals surface area contributed by atoms with Crippen LogP contribution in [0.25, 0.3) is 0 Å². The summed E-state index contributed by atoms with van der Waals surface area (Å²) in [5, 5.41) is 14.1. The summed E-state index contributed by atoms with van der Waals surface area (Å²) in [7, 11) is 1.88. The number of nitrogens with zero attached hydrogens (tertiary/aromatic N) is 1. The van der Waals surface area contributed by atoms with E-state index in [1.807, 2.05) is 13.1 Å². The summed E-state index contributed by atoms with van der Waals surface area (Å²) >= 11 is 3.35. The van der Waals surface area contributed by atoms with Crippen LogP contribution in [0.3, 0.4) is 0 Å². The van der Waals surface area contributed by atoms with Crippen molar-refractivity contribution < 1.29 is 4.92 Å². The first-order chi connectivity index (χ1) is 7.95. The number of hydrogen-bond donors (Lipinski definition) is 1. The van der Waals surface area contributed by atoms with Gasteiger partial charge in [-0.2, -0.15) is 0 Å². The quantitative estimate of drug-likeness (QED) is 0.671. The molecular formula is C12H17BrN2O2. The first kappa shape index (κ1) is 14.1. The Kier molecular flexibility index (Phi) is 5.08. The van der Waals surface area contributed by atoms with E-state index in [-0.39, 0.29) is 16.7 Å². The molecule has 4 nitrogen and oxygen atoms in total. The van der Waals surface area contributed by atoms with E-state index in [0.717, 1.165) is 10.0 Å². The van der Waals surface area contributed by atoms with Crippen LogP contribution in [-0.2, 0) is 6.42 Å². The molecule has 0 bridgehead atoms. The Hall–Kier alpha value is -0.940. The van der Waals surface area contributed by atoms with Crippen LogP contribution >= 0.6 is 15.9 Å². The number of likely N-dealkylation sites (N-methyl/N-ethyl adjacent to an activating group) is 1. The number of nitro benzene ring substituents is 1. The van der Waals surface area contributed by atoms with Gasteiger partial charge in [-0.3, -0.25) is 10.1 Å². The second-order valence-electron chi connectivity index (χ2n) is 4.37. The fourth-order valence-corrected chi connectivity index (χ4v) is 2.21. The Bertz CT molecular complexity index is 407. The van der Waals surface area contributed by atoms with Crippen LogP contribution in [0.1, 0.15) is 19.4 Å². The molecule has 0 saturated carbocycles. The van der Waals surface area contributed by atoms with Crippen LogP contribution in [0, 0.1) is 16.0 Å². The molecule has 1 atom stereocenters. The van der Waals surface area contributed by atoms with Crippen LogP contribution in [0.5, 0.6) is 0 Å². The molecule has 1 unspecified atom stereocenters. The molecule has 0 aliphatic carbocycles. The van der Waals surface area contributed by atoms with Crippen molar-refractivity contribution in [3.05, 3.63) is 38.3 Å². The van der Waals surface area contributed by atoms with Crippen molar-refractivity contribution in [2.45, 2.75) is 26.3 Å². The van der Waals surface area contributed by atoms with Crippen LogP contribution < -0.4 is 5.32 Å². The van der Waals surface area contributed by atoms with Crippen molar-refractivity contribution in [1.82, 2.24) is 5.32 Å². The lowest BCUT2D eigenvalue weighted by Gasteiger charge is -2.20. The molecule has 1 aromatic carbocycles. The molecule has 5 heteroatoms. The average Bonchev–Trinajstić information content (AvgIpc) is 2.25. The maximum atomic E-state index is 10.9. The molecule has 17 heavy (non-hydrogen) atoms. The predicted molar refractivity (Wildman–Crippen MR) is 72.2 cm³/mol. The van der Waals surface area contributed by atoms with E-state index < -0.39 is 0 Å². The fourth-order valence-electron chi connectivity index (χ4n) is 1.80. The molecule has 0 fully saturated rings. The number of hydrogen-bond acceptors (Lipinski definition) is 3. The van der Waals surface area contributed by atoms with Crippen molar-refractivity contribution in [3.8, 4) is 0 Å². The molecule has 0 radical (unpaired) electrons. The molecule has 94 valence electrons. The molecule has 0 spiro atoms. The zero-order valence-corrected chi connectivity index (χ0v) is 11.8. The van der Waals surface area contributed by atoms with Gasteiger partial charge in [0.15, 0.2) is 0 Å². The standard InChI is InChI=1S/C12H17BrN2O2/c1-8(2)11(14-3)7-9-6-10(13)4-5-12(9)15(16)17/h4-6,8,11,14H,7H2,1-3H3. The van der Waals surface area contributed by atoms with Crippen molar-refractivity contribution >= 4 is 21.6 Å². The van der Waals surface area contributed by atoms with Gasteiger partial charge in [0.05, 0.1) is 4.92 Å². The molecule has 0 saturated heterocycles. The minimum Gasteiger partial charge on any atom is -0.316 e. The first-order valence-corrected chi connectivity index (χ1v) is 6.35. The highest BCUT2D eigenvalue weighted by molar-refractivity contribution is 9.10. The molecule has 0 aromatic heterocycles. The van der Waals surface area contributed by atoms with E-state index in [4.69, 9.17) is 0 Å². The van der Waals surface area contributed by atoms with E-state index >= 15 is 0 Å². The highest BCUT2D eigenvalue weighted by Gasteiger charge is 2.19. The highest BCUT2D eigenvalue weighted by atomic mass is 79.9. The van der Waals surface area contributed by atoms with E-state index in [2.05, 4.69) is 35.1 Å². The molecule has 1 rings (SSSR count). The normalized spacial score (nSPS) is 12.8. The van der Waals surface area contributed by atoms with Crippen LogP contribution in [0.15, 0.2) is 22.7 Å². The van der Waals surface area contributed by atoms with Crippen LogP contribution in [0.2, 0.25) is 0 Å². The van der Waals surface area contributed by atoms with Crippen molar-refractivity contribution in [3.63, 3.8) is 0 Å². The largest absolute Gasteiger partial charge is 0.316 e. The molecule has 0 aliphatic rings. The lowest BCUT2D eigenvalue weighted by Crippen LogP contribution is -2.32. The second kappa shape index (κ2) is 6.12. The van der Waals surface area contributed by atoms with E-state index in [9.17, 15) is 10.1 Å². The molecule has 0 heterocycles. The number of nitro groups is 1. The number of halogens is 1. The SMILES string of the molecule is CNC(Cc1cc(Br)ccc1[N+](=O)[O-])C(C)C. The first-order valence-electron chi connectivity index (χ1n) is 5.55. The zero-order valence-electron chi connectivity index (χ0n) is 10.2. The molecule has 0 aliphatic heterocycles. The smallest absolute Gasteiger partial charge is 0.272 e. The van der Waals surface area contributed by atoms with Gasteiger partial charge in [-0.15, -0.1) is 0 Å². The Labute approximate surface area is 110 Å². The van der Waals surface area contributed by atoms with E-state index in [1.54, 1.807) is 12.1 Å². The predicted octanol–water partition coefficient (Wildman–Crippen LogP) is 3.14. The molecule has 1 N–H and O–H groups in total. The van der Waals surface area contributed by atoms with Gasteiger partial charge in [0.1, 0.15) is 0 Å². The topological polar surface area (TPSA) is 55.2 Å². The summed E-state index contributed by atoms with van der Waals surface area (Å²) in [6.45, 7) is 4.20.